The molecule has 10 heteroatoms. The Bertz CT molecular complexity index is 1770. The fourth-order valence-electron chi connectivity index (χ4n) is 5.87. The molecule has 0 spiro atoms. The summed E-state index contributed by atoms with van der Waals surface area (Å²) in [6, 6.07) is 27.9. The summed E-state index contributed by atoms with van der Waals surface area (Å²) in [7, 11) is -0.556. The summed E-state index contributed by atoms with van der Waals surface area (Å²) in [5, 5.41) is 3.29. The molecule has 0 unspecified atom stereocenters. The molecule has 3 heterocycles. The Hall–Kier alpha value is -4.67. The van der Waals surface area contributed by atoms with Gasteiger partial charge in [0.25, 0.3) is 0 Å². The van der Waals surface area contributed by atoms with Crippen LogP contribution in [0.3, 0.4) is 0 Å². The van der Waals surface area contributed by atoms with Crippen LogP contribution in [-0.2, 0) is 20.6 Å². The lowest BCUT2D eigenvalue weighted by atomic mass is 9.76. The topological polar surface area (TPSA) is 91.2 Å². The Morgan fingerprint density at radius 3 is 2.35 bits per heavy atom. The molecule has 1 N–H and O–H groups in total. The number of nitrogens with zero attached hydrogens (tertiary/aromatic N) is 4. The van der Waals surface area contributed by atoms with Crippen LogP contribution in [0.15, 0.2) is 97.2 Å². The van der Waals surface area contributed by atoms with E-state index in [-0.39, 0.29) is 29.7 Å². The molecule has 5 aromatic rings. The number of aromatic nitrogens is 4. The molecular formula is C36H37BFN5O3. The predicted octanol–water partition coefficient (Wildman–Crippen LogP) is 6.95. The second-order valence-corrected chi connectivity index (χ2v) is 11.9. The van der Waals surface area contributed by atoms with E-state index in [1.807, 2.05) is 66.7 Å². The summed E-state index contributed by atoms with van der Waals surface area (Å²) in [4.78, 5) is 26.6. The predicted molar refractivity (Wildman–Crippen MR) is 179 cm³/mol. The third-order valence-electron chi connectivity index (χ3n) is 7.98. The minimum Gasteiger partial charge on any atom is -0.404 e. The first-order valence-electron chi connectivity index (χ1n) is 15.7. The summed E-state index contributed by atoms with van der Waals surface area (Å²) < 4.78 is 28.9. The van der Waals surface area contributed by atoms with Crippen molar-refractivity contribution in [3.05, 3.63) is 109 Å². The van der Waals surface area contributed by atoms with E-state index in [4.69, 9.17) is 19.3 Å². The molecule has 46 heavy (non-hydrogen) atoms. The lowest BCUT2D eigenvalue weighted by Crippen LogP contribution is -2.49. The number of ketones is 1. The van der Waals surface area contributed by atoms with Crippen LogP contribution in [-0.4, -0.2) is 44.6 Å². The van der Waals surface area contributed by atoms with Crippen LogP contribution in [0.2, 0.25) is 0 Å². The van der Waals surface area contributed by atoms with Gasteiger partial charge in [-0.1, -0.05) is 62.4 Å². The second-order valence-electron chi connectivity index (χ2n) is 11.9. The third-order valence-corrected chi connectivity index (χ3v) is 7.98. The van der Waals surface area contributed by atoms with Gasteiger partial charge in [-0.2, -0.15) is 0 Å². The van der Waals surface area contributed by atoms with Crippen molar-refractivity contribution >= 4 is 30.0 Å². The van der Waals surface area contributed by atoms with E-state index < -0.39 is 7.12 Å². The average molecular weight is 618 g/mol. The Balaban J connectivity index is 1.37. The van der Waals surface area contributed by atoms with Crippen LogP contribution in [0.5, 0.6) is 0 Å². The highest BCUT2D eigenvalue weighted by Gasteiger charge is 2.36. The molecule has 0 amide bonds. The maximum absolute atomic E-state index is 14.0. The minimum atomic E-state index is -0.556. The lowest BCUT2D eigenvalue weighted by molar-refractivity contribution is -0.119. The molecule has 2 aromatic heterocycles. The molecule has 1 saturated heterocycles. The standard InChI is InChI=1S/C36H37BFN5O3/c1-24(2)35-42-33(26-14-16-28(38)17-15-26)34(32-18-20-39-36(41-32)40-29-12-8-5-9-13-29)43(35)21-19-30-23-31(22-25(3)44)46-37(45-30)27-10-6-4-7-11-27/h4-18,20,24,30-31H,19,21-23H2,1-3H3,(H,39,40,41)/t30-,31+/m1/s1. The zero-order valence-electron chi connectivity index (χ0n) is 26.3. The number of imidazole rings is 1. The number of carbonyl (C=O) groups excluding carboxylic acids is 1. The van der Waals surface area contributed by atoms with Crippen molar-refractivity contribution in [3.63, 3.8) is 0 Å². The first-order chi connectivity index (χ1) is 22.3. The number of hydrogen-bond acceptors (Lipinski definition) is 7. The summed E-state index contributed by atoms with van der Waals surface area (Å²) in [6.45, 7) is 6.40. The highest BCUT2D eigenvalue weighted by atomic mass is 19.1. The number of carbonyl (C=O) groups is 1. The lowest BCUT2D eigenvalue weighted by Gasteiger charge is -2.34. The molecule has 1 aliphatic heterocycles. The zero-order chi connectivity index (χ0) is 32.0. The van der Waals surface area contributed by atoms with Gasteiger partial charge in [0.2, 0.25) is 5.95 Å². The summed E-state index contributed by atoms with van der Waals surface area (Å²) in [6.07, 6.45) is 2.93. The number of para-hydroxylation sites is 1. The summed E-state index contributed by atoms with van der Waals surface area (Å²) in [5.41, 5.74) is 4.82. The Morgan fingerprint density at radius 1 is 0.957 bits per heavy atom. The van der Waals surface area contributed by atoms with E-state index in [1.165, 1.54) is 12.1 Å². The monoisotopic (exact) mass is 617 g/mol. The minimum absolute atomic E-state index is 0.0871. The summed E-state index contributed by atoms with van der Waals surface area (Å²) >= 11 is 0. The maximum Gasteiger partial charge on any atom is 0.494 e. The molecule has 1 aliphatic rings. The van der Waals surface area contributed by atoms with Gasteiger partial charge in [0, 0.05) is 42.4 Å². The molecule has 0 saturated carbocycles. The number of nitrogens with one attached hydrogen (secondary N) is 1. The SMILES string of the molecule is CC(=O)C[C@H]1C[C@@H](CCn2c(C(C)C)nc(-c3ccc(F)cc3)c2-c2ccnc(Nc3ccccc3)n2)OB(c2ccccc2)O1. The van der Waals surface area contributed by atoms with Gasteiger partial charge < -0.3 is 19.2 Å². The first-order valence-corrected chi connectivity index (χ1v) is 15.7. The Labute approximate surface area is 269 Å². The van der Waals surface area contributed by atoms with Gasteiger partial charge in [-0.3, -0.25) is 4.79 Å². The van der Waals surface area contributed by atoms with Crippen molar-refractivity contribution in [2.24, 2.45) is 0 Å². The van der Waals surface area contributed by atoms with Gasteiger partial charge in [0.1, 0.15) is 17.4 Å². The smallest absolute Gasteiger partial charge is 0.404 e. The number of rotatable bonds is 11. The molecular weight excluding hydrogens is 580 g/mol. The number of benzene rings is 3. The van der Waals surface area contributed by atoms with Crippen LogP contribution >= 0.6 is 0 Å². The second kappa shape index (κ2) is 14.2. The van der Waals surface area contributed by atoms with Gasteiger partial charge in [0.05, 0.1) is 23.2 Å². The van der Waals surface area contributed by atoms with Crippen molar-refractivity contribution in [2.75, 3.05) is 5.32 Å². The Kier molecular flexibility index (Phi) is 9.66. The zero-order valence-corrected chi connectivity index (χ0v) is 26.3. The van der Waals surface area contributed by atoms with E-state index in [0.717, 1.165) is 33.9 Å². The maximum atomic E-state index is 14.0. The van der Waals surface area contributed by atoms with Crippen molar-refractivity contribution < 1.29 is 18.5 Å². The van der Waals surface area contributed by atoms with Crippen LogP contribution in [0.1, 0.15) is 51.8 Å². The molecule has 3 aromatic carbocycles. The average Bonchev–Trinajstić information content (AvgIpc) is 3.45. The molecule has 6 rings (SSSR count). The van der Waals surface area contributed by atoms with Crippen molar-refractivity contribution in [1.82, 2.24) is 19.5 Å². The highest BCUT2D eigenvalue weighted by Crippen LogP contribution is 2.35. The fourth-order valence-corrected chi connectivity index (χ4v) is 5.87. The molecule has 2 atom stereocenters. The fraction of sp³-hybridized carbons (Fsp3) is 0.278. The number of hydrogen-bond donors (Lipinski definition) is 1. The van der Waals surface area contributed by atoms with Crippen LogP contribution in [0.25, 0.3) is 22.6 Å². The number of anilines is 2. The molecule has 8 nitrogen and oxygen atoms in total. The van der Waals surface area contributed by atoms with Gasteiger partial charge >= 0.3 is 7.12 Å². The van der Waals surface area contributed by atoms with E-state index in [0.29, 0.717) is 37.4 Å². The first kappa shape index (κ1) is 31.3. The van der Waals surface area contributed by atoms with Gasteiger partial charge in [0.15, 0.2) is 0 Å². The summed E-state index contributed by atoms with van der Waals surface area (Å²) in [5.74, 6) is 1.21. The number of Topliss-reactive ketones (excluding diaryl/α,β-unsaturated/α-hetero) is 1. The molecule has 1 fully saturated rings. The third kappa shape index (κ3) is 7.41. The normalized spacial score (nSPS) is 16.5. The van der Waals surface area contributed by atoms with Gasteiger partial charge in [-0.25, -0.2) is 19.3 Å². The van der Waals surface area contributed by atoms with Crippen LogP contribution in [0, 0.1) is 5.82 Å². The van der Waals surface area contributed by atoms with E-state index in [1.54, 1.807) is 25.3 Å². The molecule has 234 valence electrons. The largest absolute Gasteiger partial charge is 0.494 e. The highest BCUT2D eigenvalue weighted by molar-refractivity contribution is 6.61. The molecule has 0 radical (unpaired) electrons. The molecule has 0 bridgehead atoms. The Morgan fingerprint density at radius 2 is 1.65 bits per heavy atom. The number of halogens is 1. The van der Waals surface area contributed by atoms with Crippen molar-refractivity contribution in [3.8, 4) is 22.6 Å². The van der Waals surface area contributed by atoms with Gasteiger partial charge in [-0.15, -0.1) is 0 Å². The quantitative estimate of drug-likeness (QED) is 0.160. The van der Waals surface area contributed by atoms with E-state index >= 15 is 0 Å². The van der Waals surface area contributed by atoms with E-state index in [9.17, 15) is 9.18 Å². The van der Waals surface area contributed by atoms with Crippen molar-refractivity contribution in [2.45, 2.75) is 64.7 Å². The van der Waals surface area contributed by atoms with Gasteiger partial charge in [-0.05, 0) is 67.7 Å². The van der Waals surface area contributed by atoms with Crippen LogP contribution < -0.4 is 10.8 Å². The van der Waals surface area contributed by atoms with Crippen molar-refractivity contribution in [1.29, 1.82) is 0 Å². The molecule has 0 aliphatic carbocycles. The van der Waals surface area contributed by atoms with E-state index in [2.05, 4.69) is 28.7 Å². The van der Waals surface area contributed by atoms with Crippen LogP contribution in [0.4, 0.5) is 16.0 Å².